The molecule has 0 spiro atoms. The highest BCUT2D eigenvalue weighted by Gasteiger charge is 2.36. The van der Waals surface area contributed by atoms with E-state index >= 15 is 0 Å². The van der Waals surface area contributed by atoms with Gasteiger partial charge in [-0.25, -0.2) is 0 Å². The minimum atomic E-state index is 0.473. The minimum absolute atomic E-state index is 0.473. The summed E-state index contributed by atoms with van der Waals surface area (Å²) in [4.78, 5) is 0. The van der Waals surface area contributed by atoms with Crippen molar-refractivity contribution in [2.45, 2.75) is 58.3 Å². The average molecular weight is 239 g/mol. The van der Waals surface area contributed by atoms with Crippen molar-refractivity contribution in [1.82, 2.24) is 0 Å². The predicted molar refractivity (Wildman–Crippen MR) is 71.9 cm³/mol. The SMILES string of the molecule is CCC1CCCC(CN)(CC2CCOCC2)C1. The molecule has 2 fully saturated rings. The van der Waals surface area contributed by atoms with Gasteiger partial charge in [-0.1, -0.05) is 26.2 Å². The van der Waals surface area contributed by atoms with Crippen LogP contribution < -0.4 is 5.73 Å². The summed E-state index contributed by atoms with van der Waals surface area (Å²) in [7, 11) is 0. The van der Waals surface area contributed by atoms with Gasteiger partial charge in [0.05, 0.1) is 0 Å². The standard InChI is InChI=1S/C15H29NO/c1-2-13-4-3-7-15(10-13,12-16)11-14-5-8-17-9-6-14/h13-14H,2-12,16H2,1H3. The number of ether oxygens (including phenoxy) is 1. The van der Waals surface area contributed by atoms with E-state index in [1.165, 1.54) is 51.4 Å². The summed E-state index contributed by atoms with van der Waals surface area (Å²) in [6, 6.07) is 0. The van der Waals surface area contributed by atoms with Crippen molar-refractivity contribution in [1.29, 1.82) is 0 Å². The van der Waals surface area contributed by atoms with E-state index in [9.17, 15) is 0 Å². The maximum absolute atomic E-state index is 6.14. The topological polar surface area (TPSA) is 35.2 Å². The smallest absolute Gasteiger partial charge is 0.0468 e. The molecule has 0 aromatic rings. The zero-order chi connectivity index (χ0) is 12.1. The molecule has 1 saturated carbocycles. The van der Waals surface area contributed by atoms with Crippen LogP contribution in [0.5, 0.6) is 0 Å². The van der Waals surface area contributed by atoms with Gasteiger partial charge < -0.3 is 10.5 Å². The van der Waals surface area contributed by atoms with Gasteiger partial charge in [-0.05, 0) is 55.9 Å². The minimum Gasteiger partial charge on any atom is -0.381 e. The van der Waals surface area contributed by atoms with E-state index in [0.29, 0.717) is 5.41 Å². The zero-order valence-corrected chi connectivity index (χ0v) is 11.4. The second-order valence-corrected chi connectivity index (χ2v) is 6.33. The monoisotopic (exact) mass is 239 g/mol. The predicted octanol–water partition coefficient (Wildman–Crippen LogP) is 3.35. The van der Waals surface area contributed by atoms with Gasteiger partial charge in [0.1, 0.15) is 0 Å². The fourth-order valence-electron chi connectivity index (χ4n) is 3.95. The first-order valence-electron chi connectivity index (χ1n) is 7.56. The van der Waals surface area contributed by atoms with Crippen LogP contribution in [0.3, 0.4) is 0 Å². The lowest BCUT2D eigenvalue weighted by Crippen LogP contribution is -2.38. The maximum Gasteiger partial charge on any atom is 0.0468 e. The summed E-state index contributed by atoms with van der Waals surface area (Å²) in [6.07, 6.45) is 10.8. The molecule has 0 aromatic heterocycles. The van der Waals surface area contributed by atoms with Crippen molar-refractivity contribution in [3.63, 3.8) is 0 Å². The van der Waals surface area contributed by atoms with E-state index in [2.05, 4.69) is 6.92 Å². The van der Waals surface area contributed by atoms with E-state index in [4.69, 9.17) is 10.5 Å². The van der Waals surface area contributed by atoms with E-state index in [1.54, 1.807) is 0 Å². The van der Waals surface area contributed by atoms with Crippen LogP contribution in [0, 0.1) is 17.3 Å². The highest BCUT2D eigenvalue weighted by Crippen LogP contribution is 2.45. The van der Waals surface area contributed by atoms with Gasteiger partial charge in [-0.2, -0.15) is 0 Å². The highest BCUT2D eigenvalue weighted by molar-refractivity contribution is 4.89. The molecule has 2 aliphatic rings. The Kier molecular flexibility index (Phi) is 4.87. The summed E-state index contributed by atoms with van der Waals surface area (Å²) >= 11 is 0. The highest BCUT2D eigenvalue weighted by atomic mass is 16.5. The molecule has 0 aromatic carbocycles. The lowest BCUT2D eigenvalue weighted by atomic mass is 9.64. The van der Waals surface area contributed by atoms with Gasteiger partial charge in [0.25, 0.3) is 0 Å². The molecule has 2 N–H and O–H groups in total. The lowest BCUT2D eigenvalue weighted by molar-refractivity contribution is 0.0322. The first kappa shape index (κ1) is 13.4. The largest absolute Gasteiger partial charge is 0.381 e. The van der Waals surface area contributed by atoms with Crippen LogP contribution >= 0.6 is 0 Å². The van der Waals surface area contributed by atoms with E-state index in [1.807, 2.05) is 0 Å². The maximum atomic E-state index is 6.14. The Morgan fingerprint density at radius 2 is 1.94 bits per heavy atom. The normalized spacial score (nSPS) is 36.0. The molecule has 2 heteroatoms. The molecule has 1 aliphatic heterocycles. The third-order valence-corrected chi connectivity index (χ3v) is 5.11. The number of hydrogen-bond acceptors (Lipinski definition) is 2. The third-order valence-electron chi connectivity index (χ3n) is 5.11. The summed E-state index contributed by atoms with van der Waals surface area (Å²) in [6.45, 7) is 5.19. The Balaban J connectivity index is 1.92. The van der Waals surface area contributed by atoms with Crippen LogP contribution in [-0.2, 0) is 4.74 Å². The van der Waals surface area contributed by atoms with Gasteiger partial charge >= 0.3 is 0 Å². The summed E-state index contributed by atoms with van der Waals surface area (Å²) < 4.78 is 5.47. The molecule has 17 heavy (non-hydrogen) atoms. The zero-order valence-electron chi connectivity index (χ0n) is 11.4. The van der Waals surface area contributed by atoms with Crippen LogP contribution in [0.1, 0.15) is 58.3 Å². The van der Waals surface area contributed by atoms with E-state index in [0.717, 1.165) is 31.6 Å². The first-order valence-corrected chi connectivity index (χ1v) is 7.56. The Hall–Kier alpha value is -0.0800. The quantitative estimate of drug-likeness (QED) is 0.816. The van der Waals surface area contributed by atoms with Crippen molar-refractivity contribution in [2.24, 2.45) is 23.0 Å². The summed E-state index contributed by atoms with van der Waals surface area (Å²) in [5.41, 5.74) is 6.61. The van der Waals surface area contributed by atoms with Crippen molar-refractivity contribution in [3.8, 4) is 0 Å². The van der Waals surface area contributed by atoms with Crippen LogP contribution in [0.25, 0.3) is 0 Å². The molecule has 100 valence electrons. The van der Waals surface area contributed by atoms with Crippen molar-refractivity contribution in [2.75, 3.05) is 19.8 Å². The number of nitrogens with two attached hydrogens (primary N) is 1. The Bertz CT molecular complexity index is 225. The molecule has 0 bridgehead atoms. The first-order chi connectivity index (χ1) is 8.28. The van der Waals surface area contributed by atoms with Crippen molar-refractivity contribution < 1.29 is 4.74 Å². The molecule has 2 rings (SSSR count). The van der Waals surface area contributed by atoms with Crippen LogP contribution in [0.2, 0.25) is 0 Å². The molecule has 1 heterocycles. The second kappa shape index (κ2) is 6.19. The molecule has 1 aliphatic carbocycles. The second-order valence-electron chi connectivity index (χ2n) is 6.33. The van der Waals surface area contributed by atoms with E-state index < -0.39 is 0 Å². The Labute approximate surface area is 106 Å². The molecule has 2 atom stereocenters. The lowest BCUT2D eigenvalue weighted by Gasteiger charge is -2.43. The molecule has 0 amide bonds. The van der Waals surface area contributed by atoms with Crippen molar-refractivity contribution in [3.05, 3.63) is 0 Å². The molecule has 1 saturated heterocycles. The summed E-state index contributed by atoms with van der Waals surface area (Å²) in [5.74, 6) is 1.81. The van der Waals surface area contributed by atoms with Crippen molar-refractivity contribution >= 4 is 0 Å². The van der Waals surface area contributed by atoms with Gasteiger partial charge in [-0.15, -0.1) is 0 Å². The fraction of sp³-hybridized carbons (Fsp3) is 1.00. The molecular weight excluding hydrogens is 210 g/mol. The molecule has 0 radical (unpaired) electrons. The van der Waals surface area contributed by atoms with Crippen LogP contribution in [0.4, 0.5) is 0 Å². The average Bonchev–Trinajstić information content (AvgIpc) is 2.40. The number of hydrogen-bond donors (Lipinski definition) is 1. The van der Waals surface area contributed by atoms with Gasteiger partial charge in [0.15, 0.2) is 0 Å². The molecule has 2 nitrogen and oxygen atoms in total. The fourth-order valence-corrected chi connectivity index (χ4v) is 3.95. The van der Waals surface area contributed by atoms with Crippen LogP contribution in [-0.4, -0.2) is 19.8 Å². The Morgan fingerprint density at radius 1 is 1.18 bits per heavy atom. The molecule has 2 unspecified atom stereocenters. The van der Waals surface area contributed by atoms with E-state index in [-0.39, 0.29) is 0 Å². The van der Waals surface area contributed by atoms with Gasteiger partial charge in [-0.3, -0.25) is 0 Å². The van der Waals surface area contributed by atoms with Gasteiger partial charge in [0.2, 0.25) is 0 Å². The Morgan fingerprint density at radius 3 is 2.59 bits per heavy atom. The van der Waals surface area contributed by atoms with Gasteiger partial charge in [0, 0.05) is 13.2 Å². The third kappa shape index (κ3) is 3.45. The summed E-state index contributed by atoms with van der Waals surface area (Å²) in [5, 5.41) is 0. The molecular formula is C15H29NO. The number of rotatable bonds is 4. The van der Waals surface area contributed by atoms with Crippen LogP contribution in [0.15, 0.2) is 0 Å².